The molecule has 19 heavy (non-hydrogen) atoms. The summed E-state index contributed by atoms with van der Waals surface area (Å²) in [5, 5.41) is 12.9. The molecule has 4 heteroatoms. The Balaban J connectivity index is 3.64. The van der Waals surface area contributed by atoms with Gasteiger partial charge in [-0.05, 0) is 53.2 Å². The molecule has 0 heterocycles. The molecule has 116 valence electrons. The summed E-state index contributed by atoms with van der Waals surface area (Å²) in [5.41, 5.74) is -0.111. The van der Waals surface area contributed by atoms with Gasteiger partial charge in [-0.1, -0.05) is 13.3 Å². The van der Waals surface area contributed by atoms with Crippen LogP contribution in [-0.4, -0.2) is 62.0 Å². The number of rotatable bonds is 13. The molecule has 1 atom stereocenters. The lowest BCUT2D eigenvalue weighted by Gasteiger charge is -2.29. The summed E-state index contributed by atoms with van der Waals surface area (Å²) in [6.45, 7) is 11.2. The monoisotopic (exact) mass is 274 g/mol. The van der Waals surface area contributed by atoms with Crippen LogP contribution >= 0.6 is 0 Å². The summed E-state index contributed by atoms with van der Waals surface area (Å²) >= 11 is 0. The summed E-state index contributed by atoms with van der Waals surface area (Å²) in [7, 11) is 2.14. The third kappa shape index (κ3) is 10.3. The summed E-state index contributed by atoms with van der Waals surface area (Å²) in [6.07, 6.45) is 4.46. The third-order valence-electron chi connectivity index (χ3n) is 3.49. The van der Waals surface area contributed by atoms with E-state index < -0.39 is 0 Å². The van der Waals surface area contributed by atoms with Gasteiger partial charge in [-0.2, -0.15) is 0 Å². The number of hydrogen-bond acceptors (Lipinski definition) is 4. The zero-order valence-corrected chi connectivity index (χ0v) is 13.4. The molecule has 0 aromatic rings. The second-order valence-corrected chi connectivity index (χ2v) is 5.60. The molecule has 0 aliphatic heterocycles. The quantitative estimate of drug-likeness (QED) is 0.503. The number of ether oxygens (including phenoxy) is 1. The Hall–Kier alpha value is -0.160. The van der Waals surface area contributed by atoms with E-state index in [1.807, 2.05) is 6.92 Å². The molecule has 0 saturated carbocycles. The van der Waals surface area contributed by atoms with Crippen molar-refractivity contribution in [2.24, 2.45) is 0 Å². The number of hydrogen-bond donors (Lipinski definition) is 2. The average Bonchev–Trinajstić information content (AvgIpc) is 2.42. The van der Waals surface area contributed by atoms with E-state index in [1.54, 1.807) is 0 Å². The number of aliphatic hydroxyl groups is 1. The smallest absolute Gasteiger partial charge is 0.0610 e. The van der Waals surface area contributed by atoms with Crippen LogP contribution in [0.15, 0.2) is 0 Å². The van der Waals surface area contributed by atoms with Crippen LogP contribution in [-0.2, 0) is 4.74 Å². The molecule has 4 nitrogen and oxygen atoms in total. The topological polar surface area (TPSA) is 44.7 Å². The van der Waals surface area contributed by atoms with Crippen LogP contribution < -0.4 is 5.32 Å². The highest BCUT2D eigenvalue weighted by Crippen LogP contribution is 2.13. The van der Waals surface area contributed by atoms with Gasteiger partial charge in [0.1, 0.15) is 0 Å². The first-order valence-electron chi connectivity index (χ1n) is 7.70. The predicted molar refractivity (Wildman–Crippen MR) is 81.6 cm³/mol. The van der Waals surface area contributed by atoms with Gasteiger partial charge in [0.15, 0.2) is 0 Å². The first kappa shape index (κ1) is 18.8. The molecule has 0 bridgehead atoms. The van der Waals surface area contributed by atoms with Crippen molar-refractivity contribution < 1.29 is 9.84 Å². The first-order valence-corrected chi connectivity index (χ1v) is 7.70. The minimum Gasteiger partial charge on any atom is -0.394 e. The van der Waals surface area contributed by atoms with Crippen LogP contribution in [0, 0.1) is 0 Å². The molecular weight excluding hydrogens is 240 g/mol. The fourth-order valence-electron chi connectivity index (χ4n) is 2.02. The van der Waals surface area contributed by atoms with Crippen LogP contribution in [0.4, 0.5) is 0 Å². The van der Waals surface area contributed by atoms with Crippen molar-refractivity contribution in [1.82, 2.24) is 10.2 Å². The lowest BCUT2D eigenvalue weighted by Crippen LogP contribution is -2.46. The Bertz CT molecular complexity index is 203. The van der Waals surface area contributed by atoms with E-state index in [1.165, 1.54) is 6.42 Å². The highest BCUT2D eigenvalue weighted by Gasteiger charge is 2.21. The average molecular weight is 274 g/mol. The van der Waals surface area contributed by atoms with Crippen LogP contribution in [0.3, 0.4) is 0 Å². The number of unbranched alkanes of at least 4 members (excludes halogenated alkanes) is 1. The maximum Gasteiger partial charge on any atom is 0.0610 e. The minimum absolute atomic E-state index is 0.111. The molecule has 0 spiro atoms. The maximum absolute atomic E-state index is 9.47. The second-order valence-electron chi connectivity index (χ2n) is 5.60. The Kier molecular flexibility index (Phi) is 11.6. The van der Waals surface area contributed by atoms with Crippen molar-refractivity contribution in [3.63, 3.8) is 0 Å². The van der Waals surface area contributed by atoms with E-state index >= 15 is 0 Å². The van der Waals surface area contributed by atoms with Crippen LogP contribution in [0.2, 0.25) is 0 Å². The summed E-state index contributed by atoms with van der Waals surface area (Å²) < 4.78 is 5.34. The van der Waals surface area contributed by atoms with Crippen molar-refractivity contribution in [2.75, 3.05) is 46.5 Å². The van der Waals surface area contributed by atoms with Crippen molar-refractivity contribution in [2.45, 2.75) is 52.0 Å². The van der Waals surface area contributed by atoms with Crippen LogP contribution in [0.1, 0.15) is 46.5 Å². The highest BCUT2D eigenvalue weighted by atomic mass is 16.5. The van der Waals surface area contributed by atoms with Gasteiger partial charge in [-0.25, -0.2) is 0 Å². The molecule has 0 fully saturated rings. The third-order valence-corrected chi connectivity index (χ3v) is 3.49. The zero-order valence-electron chi connectivity index (χ0n) is 13.4. The Labute approximate surface area is 119 Å². The molecule has 0 rings (SSSR count). The lowest BCUT2D eigenvalue weighted by molar-refractivity contribution is 0.120. The summed E-state index contributed by atoms with van der Waals surface area (Å²) in [4.78, 5) is 2.31. The maximum atomic E-state index is 9.47. The molecule has 0 aromatic heterocycles. The number of likely N-dealkylation sites (N-methyl/N-ethyl adjacent to an activating group) is 1. The van der Waals surface area contributed by atoms with Gasteiger partial charge in [-0.3, -0.25) is 0 Å². The van der Waals surface area contributed by atoms with Gasteiger partial charge in [0, 0.05) is 18.7 Å². The lowest BCUT2D eigenvalue weighted by atomic mass is 9.95. The van der Waals surface area contributed by atoms with Crippen molar-refractivity contribution in [3.05, 3.63) is 0 Å². The van der Waals surface area contributed by atoms with E-state index in [9.17, 15) is 5.11 Å². The van der Waals surface area contributed by atoms with E-state index in [2.05, 4.69) is 31.1 Å². The first-order chi connectivity index (χ1) is 9.08. The molecule has 2 N–H and O–H groups in total. The largest absolute Gasteiger partial charge is 0.394 e. The summed E-state index contributed by atoms with van der Waals surface area (Å²) in [6, 6.07) is 0. The summed E-state index contributed by atoms with van der Waals surface area (Å²) in [5.74, 6) is 0. The van der Waals surface area contributed by atoms with Crippen LogP contribution in [0.5, 0.6) is 0 Å². The SMILES string of the molecule is CCCNC(C)(CO)CCCCN(C)CCOCC. The van der Waals surface area contributed by atoms with Gasteiger partial charge >= 0.3 is 0 Å². The van der Waals surface area contributed by atoms with Gasteiger partial charge in [0.2, 0.25) is 0 Å². The van der Waals surface area contributed by atoms with E-state index in [-0.39, 0.29) is 12.1 Å². The highest BCUT2D eigenvalue weighted by molar-refractivity contribution is 4.81. The van der Waals surface area contributed by atoms with Crippen molar-refractivity contribution in [1.29, 1.82) is 0 Å². The molecule has 0 saturated heterocycles. The van der Waals surface area contributed by atoms with Crippen LogP contribution in [0.25, 0.3) is 0 Å². The Morgan fingerprint density at radius 1 is 1.21 bits per heavy atom. The van der Waals surface area contributed by atoms with E-state index in [4.69, 9.17) is 4.74 Å². The number of nitrogens with zero attached hydrogens (tertiary/aromatic N) is 1. The predicted octanol–water partition coefficient (Wildman–Crippen LogP) is 1.88. The molecular formula is C15H34N2O2. The van der Waals surface area contributed by atoms with Crippen molar-refractivity contribution in [3.8, 4) is 0 Å². The number of nitrogens with one attached hydrogen (secondary N) is 1. The standard InChI is InChI=1S/C15H34N2O2/c1-5-10-16-15(3,14-18)9-7-8-11-17(4)12-13-19-6-2/h16,18H,5-14H2,1-4H3. The second kappa shape index (κ2) is 11.6. The van der Waals surface area contributed by atoms with Gasteiger partial charge < -0.3 is 20.1 Å². The molecule has 0 aliphatic rings. The molecule has 0 aromatic carbocycles. The van der Waals surface area contributed by atoms with Gasteiger partial charge in [0.05, 0.1) is 13.2 Å². The number of aliphatic hydroxyl groups excluding tert-OH is 1. The van der Waals surface area contributed by atoms with E-state index in [0.29, 0.717) is 0 Å². The molecule has 0 radical (unpaired) electrons. The molecule has 0 amide bonds. The molecule has 1 unspecified atom stereocenters. The molecule has 0 aliphatic carbocycles. The fourth-order valence-corrected chi connectivity index (χ4v) is 2.02. The minimum atomic E-state index is -0.111. The normalized spacial score (nSPS) is 14.8. The van der Waals surface area contributed by atoms with Crippen molar-refractivity contribution >= 4 is 0 Å². The van der Waals surface area contributed by atoms with E-state index in [0.717, 1.165) is 52.1 Å². The Morgan fingerprint density at radius 3 is 2.53 bits per heavy atom. The fraction of sp³-hybridized carbons (Fsp3) is 1.00. The zero-order chi connectivity index (χ0) is 14.6. The van der Waals surface area contributed by atoms with Gasteiger partial charge in [-0.15, -0.1) is 0 Å². The Morgan fingerprint density at radius 2 is 1.95 bits per heavy atom. The van der Waals surface area contributed by atoms with Gasteiger partial charge in [0.25, 0.3) is 0 Å².